The number of rotatable bonds is 3. The van der Waals surface area contributed by atoms with E-state index in [2.05, 4.69) is 25.5 Å². The van der Waals surface area contributed by atoms with Gasteiger partial charge in [0.25, 0.3) is 0 Å². The minimum atomic E-state index is -4.24. The second-order valence-electron chi connectivity index (χ2n) is 8.58. The summed E-state index contributed by atoms with van der Waals surface area (Å²) in [5, 5.41) is 10.2. The van der Waals surface area contributed by atoms with Crippen molar-refractivity contribution in [3.05, 3.63) is 52.9 Å². The largest absolute Gasteiger partial charge is 0.401 e. The molecule has 0 unspecified atom stereocenters. The Hall–Kier alpha value is -3.54. The average Bonchev–Trinajstić information content (AvgIpc) is 3.05. The average molecular weight is 491 g/mol. The number of aryl methyl sites for hydroxylation is 2. The molecule has 0 spiro atoms. The highest BCUT2D eigenvalue weighted by molar-refractivity contribution is 6.14. The number of hydrogen-bond acceptors (Lipinski definition) is 6. The highest BCUT2D eigenvalue weighted by Gasteiger charge is 2.33. The van der Waals surface area contributed by atoms with Gasteiger partial charge in [0.15, 0.2) is 0 Å². The number of hydrogen-bond donors (Lipinski definition) is 2. The third-order valence-corrected chi connectivity index (χ3v) is 6.14. The summed E-state index contributed by atoms with van der Waals surface area (Å²) in [6.07, 6.45) is -4.24. The first-order valence-electron chi connectivity index (χ1n) is 11.0. The van der Waals surface area contributed by atoms with Gasteiger partial charge in [0.2, 0.25) is 0 Å². The first-order chi connectivity index (χ1) is 16.6. The molecule has 1 saturated heterocycles. The van der Waals surface area contributed by atoms with E-state index in [4.69, 9.17) is 0 Å². The zero-order chi connectivity index (χ0) is 24.9. The fourth-order valence-electron chi connectivity index (χ4n) is 4.41. The van der Waals surface area contributed by atoms with Gasteiger partial charge in [-0.2, -0.15) is 18.3 Å². The quantitative estimate of drug-likeness (QED) is 0.526. The Labute approximate surface area is 197 Å². The van der Waals surface area contributed by atoms with Crippen LogP contribution in [0.15, 0.2) is 29.3 Å². The molecule has 0 amide bonds. The summed E-state index contributed by atoms with van der Waals surface area (Å²) in [4.78, 5) is 12.5. The maximum Gasteiger partial charge on any atom is 0.401 e. The molecule has 1 aromatic carbocycles. The minimum absolute atomic E-state index is 0.0106. The van der Waals surface area contributed by atoms with E-state index in [0.29, 0.717) is 52.9 Å². The number of benzene rings is 1. The van der Waals surface area contributed by atoms with Crippen molar-refractivity contribution in [2.24, 2.45) is 4.99 Å². The van der Waals surface area contributed by atoms with Crippen molar-refractivity contribution in [1.82, 2.24) is 20.1 Å². The molecule has 0 radical (unpaired) electrons. The van der Waals surface area contributed by atoms with E-state index in [1.165, 1.54) is 11.0 Å². The molecule has 0 aliphatic carbocycles. The maximum atomic E-state index is 14.6. The van der Waals surface area contributed by atoms with Gasteiger partial charge in [0, 0.05) is 31.7 Å². The molecule has 0 atom stereocenters. The summed E-state index contributed by atoms with van der Waals surface area (Å²) >= 11 is 0. The summed E-state index contributed by atoms with van der Waals surface area (Å²) in [5.74, 6) is -0.945. The van der Waals surface area contributed by atoms with E-state index in [0.717, 1.165) is 12.1 Å². The highest BCUT2D eigenvalue weighted by atomic mass is 19.4. The van der Waals surface area contributed by atoms with Crippen LogP contribution in [0.3, 0.4) is 0 Å². The molecule has 12 heteroatoms. The summed E-state index contributed by atoms with van der Waals surface area (Å²) in [7, 11) is 0. The van der Waals surface area contributed by atoms with Gasteiger partial charge in [-0.15, -0.1) is 0 Å². The van der Waals surface area contributed by atoms with Crippen molar-refractivity contribution in [3.63, 3.8) is 0 Å². The van der Waals surface area contributed by atoms with Crippen LogP contribution in [-0.2, 0) is 0 Å². The van der Waals surface area contributed by atoms with Crippen molar-refractivity contribution in [1.29, 1.82) is 0 Å². The van der Waals surface area contributed by atoms with Gasteiger partial charge >= 0.3 is 6.18 Å². The van der Waals surface area contributed by atoms with Crippen LogP contribution in [-0.4, -0.2) is 64.8 Å². The first-order valence-corrected chi connectivity index (χ1v) is 11.0. The Kier molecular flexibility index (Phi) is 5.70. The molecule has 5 rings (SSSR count). The summed E-state index contributed by atoms with van der Waals surface area (Å²) < 4.78 is 67.5. The van der Waals surface area contributed by atoms with Gasteiger partial charge in [0.1, 0.15) is 29.0 Å². The monoisotopic (exact) mass is 491 g/mol. The van der Waals surface area contributed by atoms with E-state index in [1.54, 1.807) is 19.9 Å². The molecule has 2 aliphatic heterocycles. The van der Waals surface area contributed by atoms with E-state index < -0.39 is 24.4 Å². The van der Waals surface area contributed by atoms with E-state index in [9.17, 15) is 22.0 Å². The molecule has 2 aromatic heterocycles. The third kappa shape index (κ3) is 4.45. The zero-order valence-electron chi connectivity index (χ0n) is 19.0. The predicted molar refractivity (Wildman–Crippen MR) is 122 cm³/mol. The van der Waals surface area contributed by atoms with Gasteiger partial charge in [0.05, 0.1) is 34.9 Å². The van der Waals surface area contributed by atoms with Crippen molar-refractivity contribution >= 4 is 23.0 Å². The normalized spacial score (nSPS) is 16.3. The van der Waals surface area contributed by atoms with Crippen molar-refractivity contribution in [2.45, 2.75) is 20.0 Å². The zero-order valence-corrected chi connectivity index (χ0v) is 19.0. The van der Waals surface area contributed by atoms with Crippen LogP contribution >= 0.6 is 0 Å². The second kappa shape index (κ2) is 8.59. The molecule has 184 valence electrons. The lowest BCUT2D eigenvalue weighted by molar-refractivity contribution is -0.146. The van der Waals surface area contributed by atoms with E-state index in [-0.39, 0.29) is 24.5 Å². The molecule has 2 aliphatic rings. The van der Waals surface area contributed by atoms with Crippen LogP contribution in [0.2, 0.25) is 0 Å². The molecular weight excluding hydrogens is 469 g/mol. The molecule has 2 N–H and O–H groups in total. The predicted octanol–water partition coefficient (Wildman–Crippen LogP) is 4.55. The SMILES string of the molecule is Cc1n[nH]c2c1N=C(c1c(F)cccc1F)Nc1c-2cc(N2CCN(CC(F)(F)F)CC2)nc1C. The molecular formula is C23H22F5N7. The number of halogens is 5. The number of anilines is 2. The summed E-state index contributed by atoms with van der Waals surface area (Å²) in [5.41, 5.74) is 2.93. The van der Waals surface area contributed by atoms with Gasteiger partial charge in [-0.3, -0.25) is 10.00 Å². The van der Waals surface area contributed by atoms with Crippen LogP contribution in [0.5, 0.6) is 0 Å². The molecule has 0 saturated carbocycles. The van der Waals surface area contributed by atoms with Gasteiger partial charge < -0.3 is 10.2 Å². The summed E-state index contributed by atoms with van der Waals surface area (Å²) in [6, 6.07) is 5.39. The number of aromatic amines is 1. The molecule has 35 heavy (non-hydrogen) atoms. The number of aliphatic imine (C=N–C) groups is 1. The Morgan fingerprint density at radius 1 is 1.00 bits per heavy atom. The number of amidine groups is 1. The highest BCUT2D eigenvalue weighted by Crippen LogP contribution is 2.41. The molecule has 4 heterocycles. The van der Waals surface area contributed by atoms with Gasteiger partial charge in [-0.1, -0.05) is 6.07 Å². The Morgan fingerprint density at radius 2 is 1.69 bits per heavy atom. The lowest BCUT2D eigenvalue weighted by Crippen LogP contribution is -2.49. The number of pyridine rings is 1. The van der Waals surface area contributed by atoms with E-state index in [1.807, 2.05) is 4.90 Å². The van der Waals surface area contributed by atoms with Crippen LogP contribution < -0.4 is 10.2 Å². The Bertz CT molecular complexity index is 1290. The smallest absolute Gasteiger partial charge is 0.354 e. The fourth-order valence-corrected chi connectivity index (χ4v) is 4.41. The second-order valence-corrected chi connectivity index (χ2v) is 8.58. The number of aromatic nitrogens is 3. The van der Waals surface area contributed by atoms with Crippen molar-refractivity contribution in [3.8, 4) is 11.3 Å². The summed E-state index contributed by atoms with van der Waals surface area (Å²) in [6.45, 7) is 3.81. The molecule has 3 aromatic rings. The van der Waals surface area contributed by atoms with Crippen LogP contribution in [0.1, 0.15) is 17.0 Å². The molecule has 7 nitrogen and oxygen atoms in total. The fraction of sp³-hybridized carbons (Fsp3) is 0.348. The number of fused-ring (bicyclic) bond motifs is 3. The van der Waals surface area contributed by atoms with Crippen molar-refractivity contribution in [2.75, 3.05) is 42.9 Å². The molecule has 0 bridgehead atoms. The number of H-pyrrole nitrogens is 1. The topological polar surface area (TPSA) is 72.4 Å². The van der Waals surface area contributed by atoms with Crippen LogP contribution in [0, 0.1) is 25.5 Å². The maximum absolute atomic E-state index is 14.6. The van der Waals surface area contributed by atoms with Crippen LogP contribution in [0.4, 0.5) is 39.1 Å². The minimum Gasteiger partial charge on any atom is -0.354 e. The Morgan fingerprint density at radius 3 is 2.34 bits per heavy atom. The van der Waals surface area contributed by atoms with Crippen LogP contribution in [0.25, 0.3) is 11.3 Å². The van der Waals surface area contributed by atoms with Gasteiger partial charge in [-0.25, -0.2) is 18.8 Å². The standard InChI is InChI=1S/C23H22F5N7/c1-12-19-14(10-17(29-12)35-8-6-34(7-9-35)11-23(26,27)28)21-20(13(2)32-33-21)31-22(30-19)18-15(24)4-3-5-16(18)25/h3-5,10H,6-9,11H2,1-2H3,(H,30,31)(H,32,33). The number of nitrogens with zero attached hydrogens (tertiary/aromatic N) is 5. The number of alkyl halides is 3. The van der Waals surface area contributed by atoms with Gasteiger partial charge in [-0.05, 0) is 32.0 Å². The number of piperazine rings is 1. The van der Waals surface area contributed by atoms with Crippen molar-refractivity contribution < 1.29 is 22.0 Å². The lowest BCUT2D eigenvalue weighted by atomic mass is 10.1. The number of nitrogens with one attached hydrogen (secondary N) is 2. The lowest BCUT2D eigenvalue weighted by Gasteiger charge is -2.36. The Balaban J connectivity index is 1.52. The third-order valence-electron chi connectivity index (χ3n) is 6.14. The molecule has 1 fully saturated rings. The van der Waals surface area contributed by atoms with E-state index >= 15 is 0 Å². The first kappa shape index (κ1) is 23.2.